The fourth-order valence-electron chi connectivity index (χ4n) is 5.42. The predicted octanol–water partition coefficient (Wildman–Crippen LogP) is 7.90. The first-order valence-electron chi connectivity index (χ1n) is 14.5. The number of carbonyl (C=O) groups excluding carboxylic acids is 3. The molecule has 0 N–H and O–H groups in total. The molecule has 216 valence electrons. The number of benzene rings is 4. The van der Waals surface area contributed by atoms with Crippen molar-refractivity contribution >= 4 is 34.2 Å². The van der Waals surface area contributed by atoms with E-state index in [1.807, 2.05) is 116 Å². The number of aromatic nitrogens is 1. The van der Waals surface area contributed by atoms with E-state index in [-0.39, 0.29) is 29.7 Å². The van der Waals surface area contributed by atoms with Crippen molar-refractivity contribution in [3.63, 3.8) is 0 Å². The second-order valence-electron chi connectivity index (χ2n) is 10.7. The van der Waals surface area contributed by atoms with E-state index < -0.39 is 5.97 Å². The average Bonchev–Trinajstić information content (AvgIpc) is 3.47. The molecular formula is C38H30N2O4. The maximum absolute atomic E-state index is 14.2. The molecule has 0 bridgehead atoms. The topological polar surface area (TPSA) is 77.7 Å². The summed E-state index contributed by atoms with van der Waals surface area (Å²) in [5, 5.41) is 4.92. The fraction of sp³-hybridized carbons (Fsp3) is 0.105. The molecule has 1 unspecified atom stereocenters. The van der Waals surface area contributed by atoms with Gasteiger partial charge in [-0.25, -0.2) is 4.79 Å². The van der Waals surface area contributed by atoms with Crippen molar-refractivity contribution in [2.45, 2.75) is 25.8 Å². The Balaban J connectivity index is 1.32. The lowest BCUT2D eigenvalue weighted by Crippen LogP contribution is -2.19. The first-order chi connectivity index (χ1) is 21.5. The van der Waals surface area contributed by atoms with Crippen LogP contribution < -0.4 is 0 Å². The number of para-hydroxylation sites is 1. The summed E-state index contributed by atoms with van der Waals surface area (Å²) in [5.41, 5.74) is 5.03. The van der Waals surface area contributed by atoms with Crippen LogP contribution in [0.1, 0.15) is 54.7 Å². The summed E-state index contributed by atoms with van der Waals surface area (Å²) in [6.07, 6.45) is 8.44. The standard InChI is InChI=1S/C38H30N2O4/c1-26-12-8-9-17-30(26)24-34(39-44-38(43)29-15-6-3-7-16-29)37(42)33-25-40(35-19-11-10-18-32(33)35)31-22-20-28(21-23-31)36(41)27-13-4-2-5-14-27/h2-22,25,31H,23-24H2,1H3/b39-34+. The van der Waals surface area contributed by atoms with Crippen molar-refractivity contribution in [3.05, 3.63) is 167 Å². The summed E-state index contributed by atoms with van der Waals surface area (Å²) < 4.78 is 2.06. The molecular weight excluding hydrogens is 548 g/mol. The second-order valence-corrected chi connectivity index (χ2v) is 10.7. The normalized spacial score (nSPS) is 14.7. The van der Waals surface area contributed by atoms with E-state index in [0.29, 0.717) is 28.7 Å². The molecule has 44 heavy (non-hydrogen) atoms. The summed E-state index contributed by atoms with van der Waals surface area (Å²) >= 11 is 0. The Morgan fingerprint density at radius 1 is 0.818 bits per heavy atom. The highest BCUT2D eigenvalue weighted by molar-refractivity contribution is 6.48. The van der Waals surface area contributed by atoms with Gasteiger partial charge in [-0.3, -0.25) is 9.59 Å². The zero-order chi connectivity index (χ0) is 30.5. The number of carbonyl (C=O) groups is 3. The second kappa shape index (κ2) is 12.7. The smallest absolute Gasteiger partial charge is 0.339 e. The highest BCUT2D eigenvalue weighted by Gasteiger charge is 2.25. The first kappa shape index (κ1) is 28.5. The summed E-state index contributed by atoms with van der Waals surface area (Å²) in [6, 6.07) is 33.2. The van der Waals surface area contributed by atoms with E-state index in [1.165, 1.54) is 0 Å². The Bertz CT molecular complexity index is 1950. The number of hydrogen-bond acceptors (Lipinski definition) is 5. The third-order valence-corrected chi connectivity index (χ3v) is 7.85. The van der Waals surface area contributed by atoms with Crippen molar-refractivity contribution in [3.8, 4) is 0 Å². The van der Waals surface area contributed by atoms with Crippen LogP contribution in [0.2, 0.25) is 0 Å². The highest BCUT2D eigenvalue weighted by atomic mass is 16.7. The van der Waals surface area contributed by atoms with Crippen LogP contribution >= 0.6 is 0 Å². The van der Waals surface area contributed by atoms with Gasteiger partial charge < -0.3 is 9.40 Å². The summed E-state index contributed by atoms with van der Waals surface area (Å²) in [7, 11) is 0. The minimum absolute atomic E-state index is 0.0179. The van der Waals surface area contributed by atoms with Gasteiger partial charge in [-0.15, -0.1) is 0 Å². The van der Waals surface area contributed by atoms with Crippen molar-refractivity contribution in [2.24, 2.45) is 5.16 Å². The number of aryl methyl sites for hydroxylation is 1. The Kier molecular flexibility index (Phi) is 8.23. The van der Waals surface area contributed by atoms with E-state index in [4.69, 9.17) is 4.84 Å². The van der Waals surface area contributed by atoms with Gasteiger partial charge in [0.2, 0.25) is 5.78 Å². The van der Waals surface area contributed by atoms with Gasteiger partial charge in [-0.05, 0) is 42.7 Å². The molecule has 4 aromatic carbocycles. The number of hydrogen-bond donors (Lipinski definition) is 0. The fourth-order valence-corrected chi connectivity index (χ4v) is 5.42. The molecule has 0 aliphatic heterocycles. The third-order valence-electron chi connectivity index (χ3n) is 7.85. The minimum atomic E-state index is -0.636. The van der Waals surface area contributed by atoms with Crippen LogP contribution in [0.5, 0.6) is 0 Å². The number of nitrogens with zero attached hydrogens (tertiary/aromatic N) is 2. The molecule has 6 heteroatoms. The Morgan fingerprint density at radius 2 is 1.48 bits per heavy atom. The largest absolute Gasteiger partial charge is 0.365 e. The molecule has 6 rings (SSSR count). The Morgan fingerprint density at radius 3 is 2.18 bits per heavy atom. The zero-order valence-electron chi connectivity index (χ0n) is 24.2. The number of ketones is 2. The first-order valence-corrected chi connectivity index (χ1v) is 14.5. The monoisotopic (exact) mass is 578 g/mol. The zero-order valence-corrected chi connectivity index (χ0v) is 24.2. The van der Waals surface area contributed by atoms with Crippen molar-refractivity contribution in [2.75, 3.05) is 0 Å². The molecule has 0 saturated heterocycles. The van der Waals surface area contributed by atoms with Crippen molar-refractivity contribution < 1.29 is 19.2 Å². The van der Waals surface area contributed by atoms with Gasteiger partial charge in [0, 0.05) is 40.2 Å². The van der Waals surface area contributed by atoms with Gasteiger partial charge in [-0.2, -0.15) is 0 Å². The van der Waals surface area contributed by atoms with Crippen LogP contribution in [0.3, 0.4) is 0 Å². The molecule has 5 aromatic rings. The molecule has 0 spiro atoms. The number of fused-ring (bicyclic) bond motifs is 1. The lowest BCUT2D eigenvalue weighted by Gasteiger charge is -2.19. The lowest BCUT2D eigenvalue weighted by molar-refractivity contribution is 0.0515. The molecule has 1 aliphatic carbocycles. The summed E-state index contributed by atoms with van der Waals surface area (Å²) in [4.78, 5) is 45.2. The van der Waals surface area contributed by atoms with Gasteiger partial charge >= 0.3 is 5.97 Å². The lowest BCUT2D eigenvalue weighted by atomic mass is 9.96. The van der Waals surface area contributed by atoms with Crippen LogP contribution in [-0.2, 0) is 11.3 Å². The summed E-state index contributed by atoms with van der Waals surface area (Å²) in [6.45, 7) is 1.97. The molecule has 1 aliphatic rings. The number of oxime groups is 1. The number of allylic oxidation sites excluding steroid dienone is 4. The SMILES string of the molecule is Cc1ccccc1C/C(=N\OC(=O)c1ccccc1)C(=O)c1cn(C2C=CC(C(=O)c3ccccc3)=CC2)c2ccccc12. The van der Waals surface area contributed by atoms with Gasteiger partial charge in [-0.1, -0.05) is 114 Å². The molecule has 0 fully saturated rings. The number of Topliss-reactive ketones (excluding diaryl/α,β-unsaturated/α-hetero) is 2. The maximum atomic E-state index is 14.2. The summed E-state index contributed by atoms with van der Waals surface area (Å²) in [5.74, 6) is -0.974. The Hall–Kier alpha value is -5.62. The van der Waals surface area contributed by atoms with Gasteiger partial charge in [0.15, 0.2) is 5.78 Å². The van der Waals surface area contributed by atoms with Crippen LogP contribution in [0.15, 0.2) is 144 Å². The van der Waals surface area contributed by atoms with Gasteiger partial charge in [0.1, 0.15) is 5.71 Å². The van der Waals surface area contributed by atoms with Crippen molar-refractivity contribution in [1.82, 2.24) is 4.57 Å². The molecule has 0 amide bonds. The quantitative estimate of drug-likeness (QED) is 0.0771. The van der Waals surface area contributed by atoms with Crippen LogP contribution in [0.25, 0.3) is 10.9 Å². The number of rotatable bonds is 9. The molecule has 0 saturated carbocycles. The van der Waals surface area contributed by atoms with E-state index in [1.54, 1.807) is 24.3 Å². The Labute approximate surface area is 255 Å². The maximum Gasteiger partial charge on any atom is 0.365 e. The van der Waals surface area contributed by atoms with Crippen LogP contribution in [0.4, 0.5) is 0 Å². The van der Waals surface area contributed by atoms with Gasteiger partial charge in [0.25, 0.3) is 0 Å². The van der Waals surface area contributed by atoms with E-state index in [2.05, 4.69) is 9.72 Å². The molecule has 1 atom stereocenters. The van der Waals surface area contributed by atoms with E-state index in [9.17, 15) is 14.4 Å². The van der Waals surface area contributed by atoms with Crippen LogP contribution in [0, 0.1) is 6.92 Å². The molecule has 1 aromatic heterocycles. The van der Waals surface area contributed by atoms with Gasteiger partial charge in [0.05, 0.1) is 11.6 Å². The predicted molar refractivity (Wildman–Crippen MR) is 172 cm³/mol. The van der Waals surface area contributed by atoms with Crippen LogP contribution in [-0.4, -0.2) is 27.8 Å². The molecule has 6 nitrogen and oxygen atoms in total. The van der Waals surface area contributed by atoms with Crippen molar-refractivity contribution in [1.29, 1.82) is 0 Å². The third kappa shape index (κ3) is 5.96. The minimum Gasteiger partial charge on any atom is -0.339 e. The van der Waals surface area contributed by atoms with E-state index >= 15 is 0 Å². The van der Waals surface area contributed by atoms with E-state index in [0.717, 1.165) is 22.0 Å². The average molecular weight is 579 g/mol. The molecule has 1 heterocycles. The molecule has 0 radical (unpaired) electrons. The highest BCUT2D eigenvalue weighted by Crippen LogP contribution is 2.31.